The van der Waals surface area contributed by atoms with Crippen LogP contribution in [-0.4, -0.2) is 6.72 Å². The van der Waals surface area contributed by atoms with Crippen LogP contribution in [0.4, 0.5) is 11.4 Å². The lowest BCUT2D eigenvalue weighted by atomic mass is 9.94. The molecule has 4 N–H and O–H groups in total. The van der Waals surface area contributed by atoms with Crippen LogP contribution in [0.15, 0.2) is 151 Å². The molecule has 0 aliphatic rings. The average Bonchev–Trinajstić information content (AvgIpc) is 3.04. The fraction of sp³-hybridized carbons (Fsp3) is 0.0750. The van der Waals surface area contributed by atoms with Crippen LogP contribution in [0.3, 0.4) is 0 Å². The van der Waals surface area contributed by atoms with E-state index in [4.69, 9.17) is 11.5 Å². The minimum absolute atomic E-state index is 0.723. The summed E-state index contributed by atoms with van der Waals surface area (Å²) >= 11 is 0. The molecule has 43 heavy (non-hydrogen) atoms. The molecular formula is C40H39N3. The van der Waals surface area contributed by atoms with E-state index in [0.717, 1.165) is 29.0 Å². The number of benzene rings is 6. The number of aryl methyl sites for hydroxylation is 1. The molecule has 0 heterocycles. The summed E-state index contributed by atoms with van der Waals surface area (Å²) in [5.74, 6) is 0. The van der Waals surface area contributed by atoms with Crippen molar-refractivity contribution in [1.29, 1.82) is 0 Å². The fourth-order valence-corrected chi connectivity index (χ4v) is 4.69. The number of nitrogens with two attached hydrogens (primary N) is 2. The van der Waals surface area contributed by atoms with E-state index in [1.807, 2.05) is 85.8 Å². The van der Waals surface area contributed by atoms with Crippen LogP contribution in [0.1, 0.15) is 23.6 Å². The Morgan fingerprint density at radius 3 is 1.84 bits per heavy atom. The van der Waals surface area contributed by atoms with Crippen molar-refractivity contribution in [2.75, 3.05) is 11.5 Å². The maximum absolute atomic E-state index is 6.22. The zero-order valence-electron chi connectivity index (χ0n) is 24.9. The van der Waals surface area contributed by atoms with Gasteiger partial charge >= 0.3 is 0 Å². The number of rotatable bonds is 5. The molecule has 0 amide bonds. The molecule has 0 atom stereocenters. The molecule has 0 radical (unpaired) electrons. The van der Waals surface area contributed by atoms with Gasteiger partial charge < -0.3 is 11.5 Å². The normalized spacial score (nSPS) is 10.4. The first kappa shape index (κ1) is 30.5. The number of para-hydroxylation sites is 1. The first-order valence-electron chi connectivity index (χ1n) is 14.4. The van der Waals surface area contributed by atoms with Gasteiger partial charge in [-0.25, -0.2) is 0 Å². The van der Waals surface area contributed by atoms with Gasteiger partial charge in [-0.2, -0.15) is 0 Å². The molecule has 0 saturated heterocycles. The molecule has 6 rings (SSSR count). The van der Waals surface area contributed by atoms with Crippen LogP contribution < -0.4 is 11.5 Å². The number of anilines is 2. The summed E-state index contributed by atoms with van der Waals surface area (Å²) < 4.78 is 0. The predicted molar refractivity (Wildman–Crippen MR) is 189 cm³/mol. The van der Waals surface area contributed by atoms with Crippen molar-refractivity contribution in [3.63, 3.8) is 0 Å². The maximum atomic E-state index is 6.22. The minimum atomic E-state index is 0.723. The summed E-state index contributed by atoms with van der Waals surface area (Å²) in [5.41, 5.74) is 21.6. The van der Waals surface area contributed by atoms with Crippen LogP contribution in [0.5, 0.6) is 0 Å². The summed E-state index contributed by atoms with van der Waals surface area (Å²) in [5, 5.41) is 2.48. The van der Waals surface area contributed by atoms with Gasteiger partial charge in [-0.3, -0.25) is 4.99 Å². The quantitative estimate of drug-likeness (QED) is 0.162. The molecule has 6 aromatic rings. The monoisotopic (exact) mass is 561 g/mol. The van der Waals surface area contributed by atoms with Crippen LogP contribution in [0, 0.1) is 6.92 Å². The lowest BCUT2D eigenvalue weighted by Crippen LogP contribution is -1.92. The van der Waals surface area contributed by atoms with Gasteiger partial charge in [0.1, 0.15) is 0 Å². The maximum Gasteiger partial charge on any atom is 0.0632 e. The van der Waals surface area contributed by atoms with Gasteiger partial charge in [0.2, 0.25) is 0 Å². The van der Waals surface area contributed by atoms with E-state index >= 15 is 0 Å². The summed E-state index contributed by atoms with van der Waals surface area (Å²) in [6, 6.07) is 47.6. The molecule has 0 aromatic heterocycles. The highest BCUT2D eigenvalue weighted by atomic mass is 14.7. The Bertz CT molecular complexity index is 1770. The van der Waals surface area contributed by atoms with Crippen molar-refractivity contribution in [3.8, 4) is 22.3 Å². The minimum Gasteiger partial charge on any atom is -0.399 e. The number of aliphatic imine (C=N–C) groups is 1. The molecule has 214 valence electrons. The zero-order valence-corrected chi connectivity index (χ0v) is 24.9. The Morgan fingerprint density at radius 2 is 1.23 bits per heavy atom. The van der Waals surface area contributed by atoms with Crippen LogP contribution in [0.25, 0.3) is 39.1 Å². The van der Waals surface area contributed by atoms with Crippen molar-refractivity contribution in [2.45, 2.75) is 20.4 Å². The van der Waals surface area contributed by atoms with E-state index < -0.39 is 0 Å². The second-order valence-electron chi connectivity index (χ2n) is 10.2. The van der Waals surface area contributed by atoms with E-state index in [2.05, 4.69) is 91.4 Å². The Kier molecular flexibility index (Phi) is 11.0. The molecule has 0 saturated carbocycles. The predicted octanol–water partition coefficient (Wildman–Crippen LogP) is 10.3. The first-order valence-corrected chi connectivity index (χ1v) is 14.4. The van der Waals surface area contributed by atoms with E-state index in [0.29, 0.717) is 0 Å². The molecule has 0 spiro atoms. The fourth-order valence-electron chi connectivity index (χ4n) is 4.69. The molecule has 6 aromatic carbocycles. The summed E-state index contributed by atoms with van der Waals surface area (Å²) in [6.45, 7) is 8.26. The van der Waals surface area contributed by atoms with Gasteiger partial charge in [-0.1, -0.05) is 127 Å². The van der Waals surface area contributed by atoms with Gasteiger partial charge in [0.25, 0.3) is 0 Å². The molecular weight excluding hydrogens is 522 g/mol. The third-order valence-corrected chi connectivity index (χ3v) is 6.95. The molecule has 0 bridgehead atoms. The highest BCUT2D eigenvalue weighted by Crippen LogP contribution is 2.33. The van der Waals surface area contributed by atoms with Crippen molar-refractivity contribution in [1.82, 2.24) is 0 Å². The average molecular weight is 562 g/mol. The van der Waals surface area contributed by atoms with Crippen molar-refractivity contribution in [3.05, 3.63) is 162 Å². The summed E-state index contributed by atoms with van der Waals surface area (Å²) in [4.78, 5) is 3.76. The molecule has 0 fully saturated rings. The third-order valence-electron chi connectivity index (χ3n) is 6.95. The number of hydrogen-bond acceptors (Lipinski definition) is 3. The highest BCUT2D eigenvalue weighted by molar-refractivity contribution is 5.93. The van der Waals surface area contributed by atoms with E-state index in [-0.39, 0.29) is 0 Å². The second kappa shape index (κ2) is 15.6. The van der Waals surface area contributed by atoms with Gasteiger partial charge in [0, 0.05) is 16.9 Å². The Balaban J connectivity index is 0.000000215. The molecule has 0 aliphatic heterocycles. The zero-order chi connectivity index (χ0) is 30.4. The van der Waals surface area contributed by atoms with Crippen molar-refractivity contribution >= 4 is 34.9 Å². The molecule has 0 unspecified atom stereocenters. The van der Waals surface area contributed by atoms with Crippen LogP contribution in [0.2, 0.25) is 0 Å². The largest absolute Gasteiger partial charge is 0.399 e. The van der Waals surface area contributed by atoms with E-state index in [1.54, 1.807) is 0 Å². The lowest BCUT2D eigenvalue weighted by Gasteiger charge is -2.11. The number of fused-ring (bicyclic) bond motifs is 1. The van der Waals surface area contributed by atoms with Gasteiger partial charge in [-0.05, 0) is 89.5 Å². The van der Waals surface area contributed by atoms with Gasteiger partial charge in [-0.15, -0.1) is 0 Å². The van der Waals surface area contributed by atoms with Gasteiger partial charge in [0.05, 0.1) is 6.54 Å². The molecule has 0 aliphatic carbocycles. The topological polar surface area (TPSA) is 64.4 Å². The Hall–Kier alpha value is -5.41. The van der Waals surface area contributed by atoms with Crippen molar-refractivity contribution in [2.24, 2.45) is 4.99 Å². The number of allylic oxidation sites excluding steroid dienone is 1. The lowest BCUT2D eigenvalue weighted by molar-refractivity contribution is 1.08. The Morgan fingerprint density at radius 1 is 0.628 bits per heavy atom. The number of nitrogen functional groups attached to an aromatic ring is 2. The third kappa shape index (κ3) is 8.79. The number of hydrogen-bond donors (Lipinski definition) is 2. The standard InChI is InChI=1S/C26H23N.C8H9N.C6H7N/c1-3-5-25-24(6-4-7-26(25)27)22-15-13-20-12-14-21(16-23(20)17-22)19-10-8-18(2)9-11-19;1-9-7-8-5-3-2-4-6-8;7-6-4-2-1-3-5-6/h3-17H,27H2,1-2H3;2-6H,1,7H2;1-5H,7H2/b5-3-;;. The van der Waals surface area contributed by atoms with Crippen LogP contribution >= 0.6 is 0 Å². The SMILES string of the molecule is C/C=C\c1c(N)cccc1-c1ccc2ccc(-c3ccc(C)cc3)cc2c1.C=NCc1ccccc1.Nc1ccccc1. The summed E-state index contributed by atoms with van der Waals surface area (Å²) in [6.07, 6.45) is 4.11. The van der Waals surface area contributed by atoms with Crippen LogP contribution in [-0.2, 0) is 6.54 Å². The first-order chi connectivity index (χ1) is 21.0. The van der Waals surface area contributed by atoms with Gasteiger partial charge in [0.15, 0.2) is 0 Å². The van der Waals surface area contributed by atoms with Crippen molar-refractivity contribution < 1.29 is 0 Å². The smallest absolute Gasteiger partial charge is 0.0632 e. The Labute approximate surface area is 255 Å². The highest BCUT2D eigenvalue weighted by Gasteiger charge is 2.08. The molecule has 3 nitrogen and oxygen atoms in total. The molecule has 3 heteroatoms. The van der Waals surface area contributed by atoms with E-state index in [9.17, 15) is 0 Å². The number of nitrogens with zero attached hydrogens (tertiary/aromatic N) is 1. The summed E-state index contributed by atoms with van der Waals surface area (Å²) in [7, 11) is 0. The second-order valence-corrected chi connectivity index (χ2v) is 10.2. The van der Waals surface area contributed by atoms with E-state index in [1.165, 1.54) is 38.6 Å².